The van der Waals surface area contributed by atoms with Crippen LogP contribution in [-0.2, 0) is 9.47 Å². The van der Waals surface area contributed by atoms with Crippen molar-refractivity contribution < 1.29 is 9.47 Å². The number of hydrogen-bond acceptors (Lipinski definition) is 2. The minimum Gasteiger partial charge on any atom is -0.352 e. The van der Waals surface area contributed by atoms with Crippen molar-refractivity contribution in [2.75, 3.05) is 13.2 Å². The third-order valence-corrected chi connectivity index (χ3v) is 2.20. The van der Waals surface area contributed by atoms with E-state index in [0.29, 0.717) is 0 Å². The summed E-state index contributed by atoms with van der Waals surface area (Å²) < 4.78 is 11.3. The summed E-state index contributed by atoms with van der Waals surface area (Å²) in [7, 11) is 0. The number of hydrogen-bond donors (Lipinski definition) is 0. The number of ether oxygens (including phenoxy) is 2. The maximum absolute atomic E-state index is 5.67. The quantitative estimate of drug-likeness (QED) is 0.300. The molecule has 2 nitrogen and oxygen atoms in total. The highest BCUT2D eigenvalue weighted by Gasteiger charge is 2.06. The lowest BCUT2D eigenvalue weighted by Crippen LogP contribution is -2.18. The second-order valence-electron chi connectivity index (χ2n) is 3.78. The Morgan fingerprint density at radius 3 is 2.06 bits per heavy atom. The standard InChI is InChI=1S/C14H26O2/c1-4-7-10-11-14(15-12-8-5-2)16-13-9-6-3/h4,7,10,14H,1,5-6,8-9,11-13H2,2-3H3/b10-7+. The summed E-state index contributed by atoms with van der Waals surface area (Å²) in [5.41, 5.74) is 0. The van der Waals surface area contributed by atoms with Crippen molar-refractivity contribution in [2.45, 2.75) is 52.2 Å². The molecule has 0 heterocycles. The summed E-state index contributed by atoms with van der Waals surface area (Å²) in [5, 5.41) is 0. The van der Waals surface area contributed by atoms with E-state index in [4.69, 9.17) is 9.47 Å². The normalized spacial score (nSPS) is 11.4. The van der Waals surface area contributed by atoms with Crippen LogP contribution < -0.4 is 0 Å². The highest BCUT2D eigenvalue weighted by molar-refractivity contribution is 4.97. The lowest BCUT2D eigenvalue weighted by atomic mass is 10.3. The molecule has 2 heteroatoms. The first-order valence-corrected chi connectivity index (χ1v) is 6.35. The van der Waals surface area contributed by atoms with Crippen LogP contribution in [0.1, 0.15) is 46.0 Å². The zero-order valence-corrected chi connectivity index (χ0v) is 10.8. The molecule has 0 aliphatic rings. The molecule has 0 rings (SSSR count). The molecule has 0 aromatic carbocycles. The van der Waals surface area contributed by atoms with Crippen LogP contribution in [0, 0.1) is 0 Å². The van der Waals surface area contributed by atoms with Gasteiger partial charge in [0.2, 0.25) is 0 Å². The van der Waals surface area contributed by atoms with Gasteiger partial charge in [-0.15, -0.1) is 0 Å². The summed E-state index contributed by atoms with van der Waals surface area (Å²) in [6.07, 6.45) is 11.0. The molecular weight excluding hydrogens is 200 g/mol. The molecule has 0 bridgehead atoms. The summed E-state index contributed by atoms with van der Waals surface area (Å²) in [6, 6.07) is 0. The van der Waals surface area contributed by atoms with E-state index in [0.717, 1.165) is 45.3 Å². The van der Waals surface area contributed by atoms with Crippen molar-refractivity contribution in [3.63, 3.8) is 0 Å². The van der Waals surface area contributed by atoms with Crippen LogP contribution in [0.4, 0.5) is 0 Å². The van der Waals surface area contributed by atoms with Gasteiger partial charge in [-0.05, 0) is 12.8 Å². The van der Waals surface area contributed by atoms with Crippen molar-refractivity contribution in [2.24, 2.45) is 0 Å². The Morgan fingerprint density at radius 2 is 1.62 bits per heavy atom. The van der Waals surface area contributed by atoms with Gasteiger partial charge >= 0.3 is 0 Å². The lowest BCUT2D eigenvalue weighted by molar-refractivity contribution is -0.140. The minimum absolute atomic E-state index is 0.0886. The van der Waals surface area contributed by atoms with Crippen molar-refractivity contribution in [3.05, 3.63) is 24.8 Å². The Kier molecular flexibility index (Phi) is 12.0. The molecule has 0 aromatic heterocycles. The Hall–Kier alpha value is -0.600. The third-order valence-electron chi connectivity index (χ3n) is 2.20. The maximum Gasteiger partial charge on any atom is 0.160 e. The smallest absolute Gasteiger partial charge is 0.160 e. The van der Waals surface area contributed by atoms with E-state index >= 15 is 0 Å². The summed E-state index contributed by atoms with van der Waals surface area (Å²) in [4.78, 5) is 0. The highest BCUT2D eigenvalue weighted by atomic mass is 16.7. The predicted octanol–water partition coefficient (Wildman–Crippen LogP) is 4.08. The second-order valence-corrected chi connectivity index (χ2v) is 3.78. The Balaban J connectivity index is 3.75. The summed E-state index contributed by atoms with van der Waals surface area (Å²) in [6.45, 7) is 9.54. The van der Waals surface area contributed by atoms with E-state index in [2.05, 4.69) is 20.4 Å². The van der Waals surface area contributed by atoms with Gasteiger partial charge in [-0.25, -0.2) is 0 Å². The van der Waals surface area contributed by atoms with E-state index in [1.165, 1.54) is 0 Å². The largest absolute Gasteiger partial charge is 0.352 e. The molecule has 0 atom stereocenters. The molecule has 0 radical (unpaired) electrons. The van der Waals surface area contributed by atoms with Gasteiger partial charge in [-0.3, -0.25) is 0 Å². The molecular formula is C14H26O2. The van der Waals surface area contributed by atoms with Gasteiger partial charge in [0.05, 0.1) is 0 Å². The first-order valence-electron chi connectivity index (χ1n) is 6.35. The summed E-state index contributed by atoms with van der Waals surface area (Å²) >= 11 is 0. The predicted molar refractivity (Wildman–Crippen MR) is 69.5 cm³/mol. The summed E-state index contributed by atoms with van der Waals surface area (Å²) in [5.74, 6) is 0. The highest BCUT2D eigenvalue weighted by Crippen LogP contribution is 2.05. The van der Waals surface area contributed by atoms with Crippen LogP contribution in [0.2, 0.25) is 0 Å². The molecule has 0 aliphatic carbocycles. The monoisotopic (exact) mass is 226 g/mol. The van der Waals surface area contributed by atoms with Crippen LogP contribution in [0.25, 0.3) is 0 Å². The fraction of sp³-hybridized carbons (Fsp3) is 0.714. The van der Waals surface area contributed by atoms with E-state index < -0.39 is 0 Å². The molecule has 0 saturated carbocycles. The first-order chi connectivity index (χ1) is 7.85. The van der Waals surface area contributed by atoms with Crippen LogP contribution in [0.15, 0.2) is 24.8 Å². The number of allylic oxidation sites excluding steroid dienone is 2. The molecule has 0 N–H and O–H groups in total. The zero-order chi connectivity index (χ0) is 12.1. The minimum atomic E-state index is -0.0886. The van der Waals surface area contributed by atoms with Crippen molar-refractivity contribution in [1.29, 1.82) is 0 Å². The molecule has 94 valence electrons. The number of unbranched alkanes of at least 4 members (excludes halogenated alkanes) is 2. The van der Waals surface area contributed by atoms with Gasteiger partial charge in [-0.2, -0.15) is 0 Å². The van der Waals surface area contributed by atoms with E-state index in [1.807, 2.05) is 12.2 Å². The van der Waals surface area contributed by atoms with Gasteiger partial charge in [0.25, 0.3) is 0 Å². The zero-order valence-electron chi connectivity index (χ0n) is 10.8. The fourth-order valence-corrected chi connectivity index (χ4v) is 1.19. The third kappa shape index (κ3) is 9.94. The van der Waals surface area contributed by atoms with E-state index in [1.54, 1.807) is 6.08 Å². The molecule has 0 fully saturated rings. The Bertz CT molecular complexity index is 166. The SMILES string of the molecule is C=C/C=C/CC(OCCCC)OCCCC. The van der Waals surface area contributed by atoms with Crippen molar-refractivity contribution in [1.82, 2.24) is 0 Å². The van der Waals surface area contributed by atoms with Crippen LogP contribution in [-0.4, -0.2) is 19.5 Å². The van der Waals surface area contributed by atoms with E-state index in [-0.39, 0.29) is 6.29 Å². The average molecular weight is 226 g/mol. The second kappa shape index (κ2) is 12.5. The van der Waals surface area contributed by atoms with Gasteiger partial charge < -0.3 is 9.47 Å². The van der Waals surface area contributed by atoms with Crippen LogP contribution >= 0.6 is 0 Å². The Labute approximate surface area is 100 Å². The van der Waals surface area contributed by atoms with Crippen molar-refractivity contribution >= 4 is 0 Å². The van der Waals surface area contributed by atoms with Crippen LogP contribution in [0.5, 0.6) is 0 Å². The van der Waals surface area contributed by atoms with Crippen LogP contribution in [0.3, 0.4) is 0 Å². The average Bonchev–Trinajstić information content (AvgIpc) is 2.29. The van der Waals surface area contributed by atoms with Gasteiger partial charge in [-0.1, -0.05) is 51.5 Å². The fourth-order valence-electron chi connectivity index (χ4n) is 1.19. The molecule has 0 unspecified atom stereocenters. The van der Waals surface area contributed by atoms with Gasteiger partial charge in [0.1, 0.15) is 0 Å². The molecule has 0 aliphatic heterocycles. The van der Waals surface area contributed by atoms with Gasteiger partial charge in [0, 0.05) is 19.6 Å². The Morgan fingerprint density at radius 1 is 1.06 bits per heavy atom. The van der Waals surface area contributed by atoms with Crippen molar-refractivity contribution in [3.8, 4) is 0 Å². The molecule has 0 saturated heterocycles. The first kappa shape index (κ1) is 15.4. The van der Waals surface area contributed by atoms with E-state index in [9.17, 15) is 0 Å². The molecule has 0 spiro atoms. The van der Waals surface area contributed by atoms with Gasteiger partial charge in [0.15, 0.2) is 6.29 Å². The number of rotatable bonds is 11. The molecule has 16 heavy (non-hydrogen) atoms. The topological polar surface area (TPSA) is 18.5 Å². The molecule has 0 aromatic rings. The lowest BCUT2D eigenvalue weighted by Gasteiger charge is -2.16. The maximum atomic E-state index is 5.67. The molecule has 0 amide bonds.